The Morgan fingerprint density at radius 1 is 1.12 bits per heavy atom. The predicted octanol–water partition coefficient (Wildman–Crippen LogP) is 5.49. The van der Waals surface area contributed by atoms with Gasteiger partial charge in [-0.2, -0.15) is 13.2 Å². The highest BCUT2D eigenvalue weighted by Crippen LogP contribution is 2.32. The summed E-state index contributed by atoms with van der Waals surface area (Å²) in [6.45, 7) is 1.79. The van der Waals surface area contributed by atoms with Gasteiger partial charge >= 0.3 is 12.1 Å². The van der Waals surface area contributed by atoms with Crippen LogP contribution < -0.4 is 0 Å². The van der Waals surface area contributed by atoms with Crippen molar-refractivity contribution in [2.24, 2.45) is 0 Å². The van der Waals surface area contributed by atoms with Crippen molar-refractivity contribution in [1.29, 1.82) is 0 Å². The van der Waals surface area contributed by atoms with Crippen LogP contribution in [0.2, 0.25) is 0 Å². The van der Waals surface area contributed by atoms with Crippen LogP contribution in [-0.4, -0.2) is 11.0 Å². The Kier molecular flexibility index (Phi) is 5.08. The van der Waals surface area contributed by atoms with Crippen LogP contribution >= 0.6 is 11.3 Å². The highest BCUT2D eigenvalue weighted by molar-refractivity contribution is 7.13. The van der Waals surface area contributed by atoms with Crippen LogP contribution in [0.3, 0.4) is 0 Å². The van der Waals surface area contributed by atoms with Gasteiger partial charge < -0.3 is 4.74 Å². The minimum Gasteiger partial charge on any atom is -0.456 e. The van der Waals surface area contributed by atoms with E-state index in [0.717, 1.165) is 28.3 Å². The molecular weight excluding hydrogens is 363 g/mol. The lowest BCUT2D eigenvalue weighted by molar-refractivity contribution is -0.138. The quantitative estimate of drug-likeness (QED) is 0.564. The average Bonchev–Trinajstić information content (AvgIpc) is 3.08. The minimum absolute atomic E-state index is 0.187. The number of halogens is 3. The van der Waals surface area contributed by atoms with Crippen molar-refractivity contribution in [2.75, 3.05) is 0 Å². The van der Waals surface area contributed by atoms with Crippen molar-refractivity contribution in [3.05, 3.63) is 76.3 Å². The van der Waals surface area contributed by atoms with Gasteiger partial charge in [0, 0.05) is 10.9 Å². The molecule has 0 amide bonds. The summed E-state index contributed by atoms with van der Waals surface area (Å²) in [5, 5.41) is 2.48. The fourth-order valence-corrected chi connectivity index (χ4v) is 3.14. The maximum Gasteiger partial charge on any atom is 0.417 e. The van der Waals surface area contributed by atoms with Gasteiger partial charge in [-0.1, -0.05) is 42.0 Å². The number of hydrogen-bond acceptors (Lipinski definition) is 4. The lowest BCUT2D eigenvalue weighted by Crippen LogP contribution is -2.15. The van der Waals surface area contributed by atoms with Gasteiger partial charge in [-0.15, -0.1) is 11.3 Å². The summed E-state index contributed by atoms with van der Waals surface area (Å²) >= 11 is 1.38. The molecule has 0 radical (unpaired) electrons. The number of hydrogen-bond donors (Lipinski definition) is 0. The molecule has 0 aliphatic carbocycles. The highest BCUT2D eigenvalue weighted by atomic mass is 32.1. The molecule has 0 aliphatic rings. The van der Waals surface area contributed by atoms with Gasteiger partial charge in [0.25, 0.3) is 0 Å². The molecular formula is C19H14F3NO2S. The Labute approximate surface area is 152 Å². The lowest BCUT2D eigenvalue weighted by Gasteiger charge is -2.11. The molecule has 0 bridgehead atoms. The van der Waals surface area contributed by atoms with Gasteiger partial charge in [0.2, 0.25) is 0 Å². The highest BCUT2D eigenvalue weighted by Gasteiger charge is 2.35. The Balaban J connectivity index is 1.70. The second-order valence-electron chi connectivity index (χ2n) is 5.63. The number of rotatable bonds is 4. The summed E-state index contributed by atoms with van der Waals surface area (Å²) in [4.78, 5) is 16.4. The summed E-state index contributed by atoms with van der Waals surface area (Å²) < 4.78 is 43.9. The molecule has 134 valence electrons. The molecule has 3 aromatic rings. The number of alkyl halides is 3. The number of aryl methyl sites for hydroxylation is 1. The van der Waals surface area contributed by atoms with E-state index >= 15 is 0 Å². The van der Waals surface area contributed by atoms with Crippen molar-refractivity contribution in [1.82, 2.24) is 4.98 Å². The SMILES string of the molecule is Cc1ccc(-c2nc(COC(=O)c3ccccc3C(F)(F)F)cs2)cc1. The molecule has 0 saturated heterocycles. The number of carbonyl (C=O) groups is 1. The topological polar surface area (TPSA) is 39.2 Å². The van der Waals surface area contributed by atoms with E-state index < -0.39 is 23.3 Å². The smallest absolute Gasteiger partial charge is 0.417 e. The molecule has 0 atom stereocenters. The number of nitrogens with zero attached hydrogens (tertiary/aromatic N) is 1. The zero-order valence-corrected chi connectivity index (χ0v) is 14.5. The molecule has 2 aromatic carbocycles. The van der Waals surface area contributed by atoms with Gasteiger partial charge in [0.1, 0.15) is 11.6 Å². The van der Waals surface area contributed by atoms with Gasteiger partial charge in [0.05, 0.1) is 16.8 Å². The summed E-state index contributed by atoms with van der Waals surface area (Å²) in [5.41, 5.74) is 1.03. The molecule has 26 heavy (non-hydrogen) atoms. The van der Waals surface area contributed by atoms with Gasteiger partial charge in [0.15, 0.2) is 0 Å². The van der Waals surface area contributed by atoms with Gasteiger partial charge in [-0.05, 0) is 19.1 Å². The van der Waals surface area contributed by atoms with E-state index in [1.165, 1.54) is 23.5 Å². The van der Waals surface area contributed by atoms with Crippen molar-refractivity contribution >= 4 is 17.3 Å². The lowest BCUT2D eigenvalue weighted by atomic mass is 10.1. The Morgan fingerprint density at radius 2 is 1.81 bits per heavy atom. The van der Waals surface area contributed by atoms with Crippen LogP contribution in [0.5, 0.6) is 0 Å². The maximum absolute atomic E-state index is 13.0. The van der Waals surface area contributed by atoms with E-state index in [1.54, 1.807) is 5.38 Å². The summed E-state index contributed by atoms with van der Waals surface area (Å²) in [7, 11) is 0. The third-order valence-corrected chi connectivity index (χ3v) is 4.59. The first-order chi connectivity index (χ1) is 12.3. The number of ether oxygens (including phenoxy) is 1. The van der Waals surface area contributed by atoms with E-state index in [2.05, 4.69) is 4.98 Å². The molecule has 0 N–H and O–H groups in total. The van der Waals surface area contributed by atoms with Crippen LogP contribution in [0.15, 0.2) is 53.9 Å². The Hall–Kier alpha value is -2.67. The molecule has 1 heterocycles. The first-order valence-corrected chi connectivity index (χ1v) is 8.57. The Morgan fingerprint density at radius 3 is 2.50 bits per heavy atom. The van der Waals surface area contributed by atoms with Crippen molar-refractivity contribution in [3.8, 4) is 10.6 Å². The third-order valence-electron chi connectivity index (χ3n) is 3.65. The van der Waals surface area contributed by atoms with E-state index in [0.29, 0.717) is 5.69 Å². The molecule has 0 fully saturated rings. The number of aromatic nitrogens is 1. The van der Waals surface area contributed by atoms with Crippen LogP contribution in [0.1, 0.15) is 27.2 Å². The van der Waals surface area contributed by atoms with Crippen molar-refractivity contribution < 1.29 is 22.7 Å². The fourth-order valence-electron chi connectivity index (χ4n) is 2.33. The number of thiazole rings is 1. The third kappa shape index (κ3) is 4.11. The molecule has 0 spiro atoms. The number of benzene rings is 2. The van der Waals surface area contributed by atoms with Crippen molar-refractivity contribution in [3.63, 3.8) is 0 Å². The van der Waals surface area contributed by atoms with E-state index in [4.69, 9.17) is 4.74 Å². The first-order valence-electron chi connectivity index (χ1n) is 7.69. The zero-order chi connectivity index (χ0) is 18.7. The summed E-state index contributed by atoms with van der Waals surface area (Å²) in [5.74, 6) is -1.03. The number of carbonyl (C=O) groups excluding carboxylic acids is 1. The van der Waals surface area contributed by atoms with Crippen molar-refractivity contribution in [2.45, 2.75) is 19.7 Å². The Bertz CT molecular complexity index is 917. The molecule has 0 aliphatic heterocycles. The van der Waals surface area contributed by atoms with Gasteiger partial charge in [-0.3, -0.25) is 0 Å². The summed E-state index contributed by atoms with van der Waals surface area (Å²) in [6.07, 6.45) is -4.62. The maximum atomic E-state index is 13.0. The second-order valence-corrected chi connectivity index (χ2v) is 6.49. The van der Waals surface area contributed by atoms with E-state index in [1.807, 2.05) is 31.2 Å². The molecule has 1 aromatic heterocycles. The predicted molar refractivity (Wildman–Crippen MR) is 92.9 cm³/mol. The molecule has 0 saturated carbocycles. The van der Waals surface area contributed by atoms with E-state index in [-0.39, 0.29) is 6.61 Å². The zero-order valence-electron chi connectivity index (χ0n) is 13.7. The first kappa shape index (κ1) is 18.1. The molecule has 7 heteroatoms. The second kappa shape index (κ2) is 7.29. The average molecular weight is 377 g/mol. The fraction of sp³-hybridized carbons (Fsp3) is 0.158. The van der Waals surface area contributed by atoms with Gasteiger partial charge in [-0.25, -0.2) is 9.78 Å². The minimum atomic E-state index is -4.62. The van der Waals surface area contributed by atoms with Crippen LogP contribution in [0.4, 0.5) is 13.2 Å². The standard InChI is InChI=1S/C19H14F3NO2S/c1-12-6-8-13(9-7-12)17-23-14(11-26-17)10-25-18(24)15-4-2-3-5-16(15)19(20,21)22/h2-9,11H,10H2,1H3. The molecule has 0 unspecified atom stereocenters. The van der Waals surface area contributed by atoms with E-state index in [9.17, 15) is 18.0 Å². The monoisotopic (exact) mass is 377 g/mol. The molecule has 3 rings (SSSR count). The summed E-state index contributed by atoms with van der Waals surface area (Å²) in [6, 6.07) is 12.3. The normalized spacial score (nSPS) is 11.4. The van der Waals surface area contributed by atoms with Crippen LogP contribution in [-0.2, 0) is 17.5 Å². The largest absolute Gasteiger partial charge is 0.456 e. The number of esters is 1. The van der Waals surface area contributed by atoms with Crippen LogP contribution in [0, 0.1) is 6.92 Å². The van der Waals surface area contributed by atoms with Crippen LogP contribution in [0.25, 0.3) is 10.6 Å². The molecule has 3 nitrogen and oxygen atoms in total.